The van der Waals surface area contributed by atoms with Gasteiger partial charge in [-0.2, -0.15) is 5.26 Å². The van der Waals surface area contributed by atoms with Crippen LogP contribution in [0, 0.1) is 29.9 Å². The average molecular weight is 621 g/mol. The van der Waals surface area contributed by atoms with Gasteiger partial charge in [0.15, 0.2) is 5.82 Å². The monoisotopic (exact) mass is 620 g/mol. The van der Waals surface area contributed by atoms with Gasteiger partial charge in [0.25, 0.3) is 0 Å². The number of aryl methyl sites for hydroxylation is 1. The molecule has 0 radical (unpaired) electrons. The van der Waals surface area contributed by atoms with Crippen molar-refractivity contribution in [3.63, 3.8) is 0 Å². The maximum absolute atomic E-state index is 15.4. The first-order valence-corrected chi connectivity index (χ1v) is 14.4. The maximum atomic E-state index is 15.4. The number of carbonyl (C=O) groups is 1. The third-order valence-corrected chi connectivity index (χ3v) is 7.56. The molecule has 228 valence electrons. The third kappa shape index (κ3) is 6.48. The van der Waals surface area contributed by atoms with Crippen molar-refractivity contribution in [2.45, 2.75) is 46.3 Å². The Labute approximate surface area is 258 Å². The number of piperazine rings is 1. The molecule has 44 heavy (non-hydrogen) atoms. The second kappa shape index (κ2) is 12.2. The number of nitrogens with zero attached hydrogens (tertiary/aromatic N) is 7. The van der Waals surface area contributed by atoms with Gasteiger partial charge in [0.05, 0.1) is 39.6 Å². The molecular weight excluding hydrogens is 590 g/mol. The van der Waals surface area contributed by atoms with E-state index in [9.17, 15) is 14.4 Å². The highest BCUT2D eigenvalue weighted by molar-refractivity contribution is 6.35. The molecule has 0 unspecified atom stereocenters. The summed E-state index contributed by atoms with van der Waals surface area (Å²) in [7, 11) is 0. The quantitative estimate of drug-likeness (QED) is 0.269. The molecule has 3 aromatic heterocycles. The van der Waals surface area contributed by atoms with Crippen LogP contribution in [0.2, 0.25) is 5.02 Å². The highest BCUT2D eigenvalue weighted by Crippen LogP contribution is 2.36. The lowest BCUT2D eigenvalue weighted by Crippen LogP contribution is -2.50. The van der Waals surface area contributed by atoms with Crippen LogP contribution in [-0.2, 0) is 4.74 Å². The summed E-state index contributed by atoms with van der Waals surface area (Å²) in [5.74, 6) is -0.670. The molecule has 1 atom stereocenters. The van der Waals surface area contributed by atoms with Gasteiger partial charge in [0.1, 0.15) is 22.6 Å². The molecule has 10 nitrogen and oxygen atoms in total. The van der Waals surface area contributed by atoms with E-state index in [1.807, 2.05) is 31.7 Å². The van der Waals surface area contributed by atoms with Crippen LogP contribution in [0.5, 0.6) is 0 Å². The number of ether oxygens (including phenoxy) is 1. The van der Waals surface area contributed by atoms with E-state index >= 15 is 4.39 Å². The van der Waals surface area contributed by atoms with Gasteiger partial charge in [0.2, 0.25) is 5.95 Å². The number of benzene rings is 1. The van der Waals surface area contributed by atoms with Crippen molar-refractivity contribution in [1.82, 2.24) is 24.8 Å². The van der Waals surface area contributed by atoms with Crippen LogP contribution < -0.4 is 10.2 Å². The fourth-order valence-corrected chi connectivity index (χ4v) is 5.05. The Balaban J connectivity index is 1.40. The van der Waals surface area contributed by atoms with Gasteiger partial charge in [-0.15, -0.1) is 0 Å². The van der Waals surface area contributed by atoms with Crippen LogP contribution in [-0.4, -0.2) is 62.7 Å². The summed E-state index contributed by atoms with van der Waals surface area (Å²) in [6.07, 6.45) is 2.61. The van der Waals surface area contributed by atoms with Gasteiger partial charge in [-0.1, -0.05) is 11.6 Å². The molecule has 0 spiro atoms. The van der Waals surface area contributed by atoms with Crippen molar-refractivity contribution in [2.75, 3.05) is 36.4 Å². The van der Waals surface area contributed by atoms with Crippen LogP contribution >= 0.6 is 11.6 Å². The summed E-state index contributed by atoms with van der Waals surface area (Å²) < 4.78 is 35.5. The Bertz CT molecular complexity index is 1760. The zero-order valence-electron chi connectivity index (χ0n) is 25.0. The third-order valence-electron chi connectivity index (χ3n) is 7.10. The minimum Gasteiger partial charge on any atom is -0.444 e. The van der Waals surface area contributed by atoms with Crippen molar-refractivity contribution >= 4 is 40.4 Å². The molecular formula is C31H31ClF2N8O2. The molecule has 1 amide bonds. The molecule has 4 aromatic rings. The fraction of sp³-hybridized carbons (Fsp3) is 0.355. The van der Waals surface area contributed by atoms with Crippen LogP contribution in [0.15, 0.2) is 36.7 Å². The number of hydrogen-bond donors (Lipinski definition) is 1. The first kappa shape index (κ1) is 30.8. The van der Waals surface area contributed by atoms with Gasteiger partial charge in [0, 0.05) is 55.8 Å². The summed E-state index contributed by atoms with van der Waals surface area (Å²) in [4.78, 5) is 33.8. The molecule has 0 aliphatic carbocycles. The van der Waals surface area contributed by atoms with Crippen LogP contribution in [0.25, 0.3) is 22.3 Å². The highest BCUT2D eigenvalue weighted by atomic mass is 35.5. The second-order valence-corrected chi connectivity index (χ2v) is 11.9. The number of nitriles is 1. The highest BCUT2D eigenvalue weighted by Gasteiger charge is 2.27. The van der Waals surface area contributed by atoms with E-state index in [1.54, 1.807) is 18.7 Å². The van der Waals surface area contributed by atoms with E-state index in [0.29, 0.717) is 54.6 Å². The van der Waals surface area contributed by atoms with Gasteiger partial charge in [-0.25, -0.2) is 33.5 Å². The lowest BCUT2D eigenvalue weighted by Gasteiger charge is -2.35. The molecule has 1 N–H and O–H groups in total. The summed E-state index contributed by atoms with van der Waals surface area (Å²) in [6, 6.07) is 6.77. The number of rotatable bonds is 5. The van der Waals surface area contributed by atoms with Crippen molar-refractivity contribution in [1.29, 1.82) is 5.26 Å². The largest absolute Gasteiger partial charge is 0.444 e. The van der Waals surface area contributed by atoms with Gasteiger partial charge >= 0.3 is 6.09 Å². The number of amides is 1. The van der Waals surface area contributed by atoms with E-state index < -0.39 is 23.3 Å². The van der Waals surface area contributed by atoms with Crippen LogP contribution in [0.1, 0.15) is 50.6 Å². The van der Waals surface area contributed by atoms with E-state index in [0.717, 1.165) is 0 Å². The van der Waals surface area contributed by atoms with E-state index in [1.165, 1.54) is 36.7 Å². The van der Waals surface area contributed by atoms with Gasteiger partial charge in [-0.05, 0) is 52.8 Å². The average Bonchev–Trinajstić information content (AvgIpc) is 2.99. The summed E-state index contributed by atoms with van der Waals surface area (Å²) >= 11 is 6.64. The predicted octanol–water partition coefficient (Wildman–Crippen LogP) is 6.43. The Morgan fingerprint density at radius 3 is 2.41 bits per heavy atom. The number of carbonyl (C=O) groups excluding carboxylic acids is 1. The standard InChI is InChI=1S/C31H31ClF2N8O2/c1-17(21-12-19(14-35)6-7-22(21)33)39-28-25(32)18(2)38-24-13-23(34)26(40-27(24)28)20-15-36-29(37-16-20)41-8-10-42(11-9-41)30(43)44-31(3,4)5/h6-7,12-13,15-17H,8-11H2,1-5H3,(H,38,39)/t17-/m1/s1. The van der Waals surface area contributed by atoms with E-state index in [2.05, 4.69) is 25.3 Å². The predicted molar refractivity (Wildman–Crippen MR) is 163 cm³/mol. The topological polar surface area (TPSA) is 120 Å². The lowest BCUT2D eigenvalue weighted by atomic mass is 10.0. The fourth-order valence-electron chi connectivity index (χ4n) is 4.86. The molecule has 5 rings (SSSR count). The van der Waals surface area contributed by atoms with E-state index in [-0.39, 0.29) is 33.4 Å². The minimum atomic E-state index is -0.624. The number of aromatic nitrogens is 4. The SMILES string of the molecule is Cc1nc2cc(F)c(-c3cnc(N4CCN(C(=O)OC(C)(C)C)CC4)nc3)nc2c(N[C@H](C)c2cc(C#N)ccc2F)c1Cl. The van der Waals surface area contributed by atoms with Crippen molar-refractivity contribution in [3.05, 3.63) is 70.1 Å². The Hall–Kier alpha value is -4.63. The second-order valence-electron chi connectivity index (χ2n) is 11.5. The molecule has 13 heteroatoms. The first-order chi connectivity index (χ1) is 20.8. The van der Waals surface area contributed by atoms with Crippen molar-refractivity contribution in [2.24, 2.45) is 0 Å². The minimum absolute atomic E-state index is 0.00567. The van der Waals surface area contributed by atoms with Crippen molar-refractivity contribution < 1.29 is 18.3 Å². The number of nitrogens with one attached hydrogen (secondary N) is 1. The molecule has 4 heterocycles. The normalized spacial score (nSPS) is 14.3. The van der Waals surface area contributed by atoms with Crippen LogP contribution in [0.3, 0.4) is 0 Å². The van der Waals surface area contributed by atoms with Crippen molar-refractivity contribution in [3.8, 4) is 17.3 Å². The van der Waals surface area contributed by atoms with E-state index in [4.69, 9.17) is 16.3 Å². The Kier molecular flexibility index (Phi) is 8.52. The molecule has 0 bridgehead atoms. The molecule has 1 aliphatic heterocycles. The molecule has 1 aromatic carbocycles. The first-order valence-electron chi connectivity index (χ1n) is 14.0. The number of anilines is 2. The summed E-state index contributed by atoms with van der Waals surface area (Å²) in [6.45, 7) is 10.8. The number of halogens is 3. The molecule has 1 saturated heterocycles. The number of hydrogen-bond acceptors (Lipinski definition) is 9. The number of fused-ring (bicyclic) bond motifs is 1. The number of pyridine rings is 2. The summed E-state index contributed by atoms with van der Waals surface area (Å²) in [5.41, 5.74) is 1.67. The Morgan fingerprint density at radius 1 is 1.09 bits per heavy atom. The zero-order valence-corrected chi connectivity index (χ0v) is 25.7. The molecule has 1 fully saturated rings. The Morgan fingerprint density at radius 2 is 1.77 bits per heavy atom. The lowest BCUT2D eigenvalue weighted by molar-refractivity contribution is 0.0240. The summed E-state index contributed by atoms with van der Waals surface area (Å²) in [5, 5.41) is 12.7. The van der Waals surface area contributed by atoms with Gasteiger partial charge < -0.3 is 19.9 Å². The molecule has 1 aliphatic rings. The van der Waals surface area contributed by atoms with Gasteiger partial charge in [-0.3, -0.25) is 0 Å². The zero-order chi connectivity index (χ0) is 31.8. The maximum Gasteiger partial charge on any atom is 0.410 e. The smallest absolute Gasteiger partial charge is 0.410 e. The molecule has 0 saturated carbocycles. The van der Waals surface area contributed by atoms with Crippen LogP contribution in [0.4, 0.5) is 25.2 Å².